The molecule has 1 aromatic carbocycles. The van der Waals surface area contributed by atoms with E-state index in [9.17, 15) is 4.79 Å². The Labute approximate surface area is 102 Å². The van der Waals surface area contributed by atoms with Gasteiger partial charge in [0.2, 0.25) is 0 Å². The Kier molecular flexibility index (Phi) is 5.66. The van der Waals surface area contributed by atoms with E-state index in [-0.39, 0.29) is 0 Å². The van der Waals surface area contributed by atoms with Gasteiger partial charge in [-0.05, 0) is 17.5 Å². The summed E-state index contributed by atoms with van der Waals surface area (Å²) in [6.45, 7) is 2.94. The summed E-state index contributed by atoms with van der Waals surface area (Å²) in [4.78, 5) is 10.9. The molecule has 1 aromatic rings. The number of hydrogen-bond donors (Lipinski definition) is 2. The Morgan fingerprint density at radius 3 is 2.59 bits per heavy atom. The second-order valence-electron chi connectivity index (χ2n) is 3.88. The lowest BCUT2D eigenvalue weighted by Gasteiger charge is -2.14. The van der Waals surface area contributed by atoms with E-state index < -0.39 is 12.0 Å². The van der Waals surface area contributed by atoms with Crippen LogP contribution in [0.1, 0.15) is 24.5 Å². The molecular weight excluding hydrogens is 218 g/mol. The minimum atomic E-state index is -0.809. The van der Waals surface area contributed by atoms with Crippen molar-refractivity contribution in [2.24, 2.45) is 0 Å². The zero-order valence-corrected chi connectivity index (χ0v) is 10.3. The quantitative estimate of drug-likeness (QED) is 0.759. The van der Waals surface area contributed by atoms with Crippen LogP contribution in [0.2, 0.25) is 0 Å². The summed E-state index contributed by atoms with van der Waals surface area (Å²) in [7, 11) is 1.65. The largest absolute Gasteiger partial charge is 0.480 e. The zero-order chi connectivity index (χ0) is 12.7. The number of ether oxygens (including phenoxy) is 1. The summed E-state index contributed by atoms with van der Waals surface area (Å²) in [5, 5.41) is 12.0. The Balaban J connectivity index is 2.64. The Morgan fingerprint density at radius 2 is 2.06 bits per heavy atom. The lowest BCUT2D eigenvalue weighted by Crippen LogP contribution is -2.35. The predicted octanol–water partition coefficient (Wildman–Crippen LogP) is 1.79. The van der Waals surface area contributed by atoms with Crippen molar-refractivity contribution in [3.8, 4) is 0 Å². The smallest absolute Gasteiger partial charge is 0.320 e. The Morgan fingerprint density at radius 1 is 1.41 bits per heavy atom. The SMILES string of the molecule is CCC(NCc1ccccc1COC)C(=O)O. The molecule has 0 fully saturated rings. The van der Waals surface area contributed by atoms with Crippen LogP contribution in [-0.2, 0) is 22.7 Å². The number of methoxy groups -OCH3 is 1. The molecule has 1 unspecified atom stereocenters. The first-order valence-electron chi connectivity index (χ1n) is 5.71. The van der Waals surface area contributed by atoms with Crippen LogP contribution in [0.3, 0.4) is 0 Å². The molecule has 0 aliphatic rings. The van der Waals surface area contributed by atoms with E-state index in [2.05, 4.69) is 5.32 Å². The summed E-state index contributed by atoms with van der Waals surface area (Å²) in [5.41, 5.74) is 2.16. The molecule has 2 N–H and O–H groups in total. The number of carboxylic acid groups (broad SMARTS) is 1. The molecule has 94 valence electrons. The van der Waals surface area contributed by atoms with E-state index in [0.29, 0.717) is 19.6 Å². The minimum Gasteiger partial charge on any atom is -0.480 e. The van der Waals surface area contributed by atoms with Gasteiger partial charge in [0.15, 0.2) is 0 Å². The fraction of sp³-hybridized carbons (Fsp3) is 0.462. The molecule has 0 bridgehead atoms. The van der Waals surface area contributed by atoms with Crippen LogP contribution in [-0.4, -0.2) is 24.2 Å². The van der Waals surface area contributed by atoms with Gasteiger partial charge in [-0.15, -0.1) is 0 Å². The summed E-state index contributed by atoms with van der Waals surface area (Å²) >= 11 is 0. The number of benzene rings is 1. The van der Waals surface area contributed by atoms with Gasteiger partial charge in [0.25, 0.3) is 0 Å². The van der Waals surface area contributed by atoms with Crippen molar-refractivity contribution >= 4 is 5.97 Å². The highest BCUT2D eigenvalue weighted by Crippen LogP contribution is 2.10. The molecule has 0 amide bonds. The van der Waals surface area contributed by atoms with Crippen molar-refractivity contribution < 1.29 is 14.6 Å². The lowest BCUT2D eigenvalue weighted by molar-refractivity contribution is -0.139. The predicted molar refractivity (Wildman–Crippen MR) is 65.7 cm³/mol. The molecule has 0 aromatic heterocycles. The van der Waals surface area contributed by atoms with Crippen LogP contribution in [0.15, 0.2) is 24.3 Å². The van der Waals surface area contributed by atoms with Crippen molar-refractivity contribution in [1.29, 1.82) is 0 Å². The van der Waals surface area contributed by atoms with Crippen LogP contribution in [0, 0.1) is 0 Å². The maximum Gasteiger partial charge on any atom is 0.320 e. The molecule has 0 saturated carbocycles. The van der Waals surface area contributed by atoms with Crippen LogP contribution < -0.4 is 5.32 Å². The van der Waals surface area contributed by atoms with Gasteiger partial charge in [-0.2, -0.15) is 0 Å². The van der Waals surface area contributed by atoms with E-state index in [1.54, 1.807) is 7.11 Å². The average molecular weight is 237 g/mol. The van der Waals surface area contributed by atoms with E-state index in [0.717, 1.165) is 11.1 Å². The van der Waals surface area contributed by atoms with Gasteiger partial charge in [0.05, 0.1) is 6.61 Å². The highest BCUT2D eigenvalue weighted by Gasteiger charge is 2.14. The van der Waals surface area contributed by atoms with E-state index in [1.807, 2.05) is 31.2 Å². The van der Waals surface area contributed by atoms with Crippen molar-refractivity contribution in [3.63, 3.8) is 0 Å². The van der Waals surface area contributed by atoms with E-state index >= 15 is 0 Å². The molecule has 0 aliphatic carbocycles. The maximum absolute atomic E-state index is 10.9. The highest BCUT2D eigenvalue weighted by molar-refractivity contribution is 5.73. The van der Waals surface area contributed by atoms with Gasteiger partial charge in [-0.1, -0.05) is 31.2 Å². The van der Waals surface area contributed by atoms with Gasteiger partial charge in [0, 0.05) is 13.7 Å². The maximum atomic E-state index is 10.9. The molecule has 0 heterocycles. The van der Waals surface area contributed by atoms with Crippen LogP contribution in [0.25, 0.3) is 0 Å². The molecule has 4 heteroatoms. The number of hydrogen-bond acceptors (Lipinski definition) is 3. The summed E-state index contributed by atoms with van der Waals surface area (Å²) < 4.78 is 5.11. The van der Waals surface area contributed by atoms with Crippen molar-refractivity contribution in [2.75, 3.05) is 7.11 Å². The third kappa shape index (κ3) is 4.17. The number of aliphatic carboxylic acids is 1. The molecule has 4 nitrogen and oxygen atoms in total. The number of carboxylic acids is 1. The average Bonchev–Trinajstić information content (AvgIpc) is 2.32. The zero-order valence-electron chi connectivity index (χ0n) is 10.3. The van der Waals surface area contributed by atoms with Gasteiger partial charge >= 0.3 is 5.97 Å². The van der Waals surface area contributed by atoms with Gasteiger partial charge in [0.1, 0.15) is 6.04 Å². The molecule has 1 rings (SSSR count). The molecule has 0 spiro atoms. The van der Waals surface area contributed by atoms with Crippen molar-refractivity contribution in [2.45, 2.75) is 32.5 Å². The molecular formula is C13H19NO3. The van der Waals surface area contributed by atoms with Crippen LogP contribution >= 0.6 is 0 Å². The molecule has 0 saturated heterocycles. The fourth-order valence-electron chi connectivity index (χ4n) is 1.67. The third-order valence-electron chi connectivity index (χ3n) is 2.66. The van der Waals surface area contributed by atoms with Gasteiger partial charge in [-0.25, -0.2) is 0 Å². The summed E-state index contributed by atoms with van der Waals surface area (Å²) in [6.07, 6.45) is 0.571. The standard InChI is InChI=1S/C13H19NO3/c1-3-12(13(15)16)14-8-10-6-4-5-7-11(10)9-17-2/h4-7,12,14H,3,8-9H2,1-2H3,(H,15,16). The number of rotatable bonds is 7. The summed E-state index contributed by atoms with van der Waals surface area (Å²) in [6, 6.07) is 7.37. The minimum absolute atomic E-state index is 0.495. The van der Waals surface area contributed by atoms with Gasteiger partial charge in [-0.3, -0.25) is 4.79 Å². The second-order valence-corrected chi connectivity index (χ2v) is 3.88. The summed E-state index contributed by atoms with van der Waals surface area (Å²) in [5.74, 6) is -0.809. The second kappa shape index (κ2) is 7.04. The fourth-order valence-corrected chi connectivity index (χ4v) is 1.67. The van der Waals surface area contributed by atoms with Crippen LogP contribution in [0.4, 0.5) is 0 Å². The normalized spacial score (nSPS) is 12.4. The van der Waals surface area contributed by atoms with Gasteiger partial charge < -0.3 is 15.2 Å². The Hall–Kier alpha value is -1.39. The molecule has 0 radical (unpaired) electrons. The number of nitrogens with one attached hydrogen (secondary N) is 1. The topological polar surface area (TPSA) is 58.6 Å². The van der Waals surface area contributed by atoms with E-state index in [1.165, 1.54) is 0 Å². The monoisotopic (exact) mass is 237 g/mol. The number of carbonyl (C=O) groups is 1. The molecule has 0 aliphatic heterocycles. The molecule has 1 atom stereocenters. The first kappa shape index (κ1) is 13.7. The lowest BCUT2D eigenvalue weighted by atomic mass is 10.1. The first-order chi connectivity index (χ1) is 8.19. The Bertz CT molecular complexity index is 365. The highest BCUT2D eigenvalue weighted by atomic mass is 16.5. The van der Waals surface area contributed by atoms with Crippen LogP contribution in [0.5, 0.6) is 0 Å². The first-order valence-corrected chi connectivity index (χ1v) is 5.71. The molecule has 17 heavy (non-hydrogen) atoms. The van der Waals surface area contributed by atoms with Crippen molar-refractivity contribution in [1.82, 2.24) is 5.32 Å². The van der Waals surface area contributed by atoms with E-state index in [4.69, 9.17) is 9.84 Å². The van der Waals surface area contributed by atoms with Crippen molar-refractivity contribution in [3.05, 3.63) is 35.4 Å². The third-order valence-corrected chi connectivity index (χ3v) is 2.66.